The van der Waals surface area contributed by atoms with Gasteiger partial charge in [0.1, 0.15) is 0 Å². The van der Waals surface area contributed by atoms with Crippen molar-refractivity contribution in [2.75, 3.05) is 32.8 Å². The van der Waals surface area contributed by atoms with Crippen molar-refractivity contribution in [3.8, 4) is 0 Å². The Hall–Kier alpha value is -0.940. The molecule has 2 heterocycles. The summed E-state index contributed by atoms with van der Waals surface area (Å²) in [5, 5.41) is 0. The number of hydrogen-bond donors (Lipinski definition) is 0. The third-order valence-electron chi connectivity index (χ3n) is 5.92. The maximum Gasteiger partial charge on any atom is 0.234 e. The summed E-state index contributed by atoms with van der Waals surface area (Å²) < 4.78 is 0. The Labute approximate surface area is 140 Å². The van der Waals surface area contributed by atoms with Gasteiger partial charge in [0.25, 0.3) is 0 Å². The predicted molar refractivity (Wildman–Crippen MR) is 89.7 cm³/mol. The summed E-state index contributed by atoms with van der Waals surface area (Å²) in [6, 6.07) is 0.770. The van der Waals surface area contributed by atoms with E-state index in [2.05, 4.69) is 9.80 Å². The number of carbonyl (C=O) groups is 2. The van der Waals surface area contributed by atoms with E-state index in [1.54, 1.807) is 0 Å². The number of piperazine rings is 1. The SMILES string of the molecule is CC(C)C1CC(=O)N(CN2CCN(C3CCCCC3)CC2)C1=O. The van der Waals surface area contributed by atoms with Crippen molar-refractivity contribution in [2.45, 2.75) is 58.4 Å². The minimum absolute atomic E-state index is 0.0170. The standard InChI is InChI=1S/C18H31N3O2/c1-14(2)16-12-17(22)21(18(16)23)13-19-8-10-20(11-9-19)15-6-4-3-5-7-15/h14-16H,3-13H2,1-2H3. The van der Waals surface area contributed by atoms with Crippen LogP contribution >= 0.6 is 0 Å². The lowest BCUT2D eigenvalue weighted by atomic mass is 9.94. The normalized spacial score (nSPS) is 29.0. The van der Waals surface area contributed by atoms with Crippen molar-refractivity contribution >= 4 is 11.8 Å². The van der Waals surface area contributed by atoms with Crippen LogP contribution in [-0.2, 0) is 9.59 Å². The third kappa shape index (κ3) is 3.77. The second-order valence-corrected chi connectivity index (χ2v) is 7.80. The summed E-state index contributed by atoms with van der Waals surface area (Å²) in [6.07, 6.45) is 7.24. The summed E-state index contributed by atoms with van der Waals surface area (Å²) in [5.74, 6) is 0.203. The van der Waals surface area contributed by atoms with Crippen molar-refractivity contribution in [1.82, 2.24) is 14.7 Å². The molecule has 1 atom stereocenters. The molecule has 0 radical (unpaired) electrons. The second kappa shape index (κ2) is 7.31. The molecule has 2 aliphatic heterocycles. The highest BCUT2D eigenvalue weighted by Gasteiger charge is 2.40. The molecule has 0 aromatic heterocycles. The Bertz CT molecular complexity index is 438. The van der Waals surface area contributed by atoms with E-state index in [4.69, 9.17) is 0 Å². The molecule has 130 valence electrons. The summed E-state index contributed by atoms with van der Waals surface area (Å²) in [6.45, 7) is 8.66. The van der Waals surface area contributed by atoms with Crippen LogP contribution in [0.25, 0.3) is 0 Å². The van der Waals surface area contributed by atoms with Crippen LogP contribution in [0.4, 0.5) is 0 Å². The van der Waals surface area contributed by atoms with E-state index < -0.39 is 0 Å². The molecule has 3 rings (SSSR count). The Morgan fingerprint density at radius 1 is 1.00 bits per heavy atom. The van der Waals surface area contributed by atoms with Gasteiger partial charge in [-0.05, 0) is 18.8 Å². The van der Waals surface area contributed by atoms with Crippen molar-refractivity contribution in [1.29, 1.82) is 0 Å². The molecule has 23 heavy (non-hydrogen) atoms. The van der Waals surface area contributed by atoms with Crippen LogP contribution in [0.5, 0.6) is 0 Å². The van der Waals surface area contributed by atoms with E-state index in [-0.39, 0.29) is 23.7 Å². The Kier molecular flexibility index (Phi) is 5.37. The fourth-order valence-electron chi connectivity index (χ4n) is 4.29. The largest absolute Gasteiger partial charge is 0.298 e. The van der Waals surface area contributed by atoms with E-state index in [1.165, 1.54) is 37.0 Å². The van der Waals surface area contributed by atoms with Crippen LogP contribution in [0.2, 0.25) is 0 Å². The van der Waals surface area contributed by atoms with Crippen LogP contribution in [0, 0.1) is 11.8 Å². The quantitative estimate of drug-likeness (QED) is 0.742. The monoisotopic (exact) mass is 321 g/mol. The number of rotatable bonds is 4. The molecule has 5 heteroatoms. The third-order valence-corrected chi connectivity index (χ3v) is 5.92. The highest BCUT2D eigenvalue weighted by atomic mass is 16.2. The molecule has 0 bridgehead atoms. The molecule has 2 amide bonds. The molecule has 0 spiro atoms. The summed E-state index contributed by atoms with van der Waals surface area (Å²) in [5.41, 5.74) is 0. The van der Waals surface area contributed by atoms with Gasteiger partial charge in [0.15, 0.2) is 0 Å². The van der Waals surface area contributed by atoms with Gasteiger partial charge in [0, 0.05) is 44.6 Å². The molecule has 0 aromatic carbocycles. The molecule has 0 N–H and O–H groups in total. The summed E-state index contributed by atoms with van der Waals surface area (Å²) >= 11 is 0. The Morgan fingerprint density at radius 2 is 1.65 bits per heavy atom. The van der Waals surface area contributed by atoms with Crippen molar-refractivity contribution in [3.63, 3.8) is 0 Å². The summed E-state index contributed by atoms with van der Waals surface area (Å²) in [4.78, 5) is 31.0. The lowest BCUT2D eigenvalue weighted by Crippen LogP contribution is -2.53. The number of likely N-dealkylation sites (tertiary alicyclic amines) is 1. The number of hydrogen-bond acceptors (Lipinski definition) is 4. The fraction of sp³-hybridized carbons (Fsp3) is 0.889. The van der Waals surface area contributed by atoms with E-state index in [0.29, 0.717) is 13.1 Å². The Balaban J connectivity index is 1.49. The first kappa shape index (κ1) is 16.9. The lowest BCUT2D eigenvalue weighted by molar-refractivity contribution is -0.142. The molecule has 3 fully saturated rings. The van der Waals surface area contributed by atoms with Gasteiger partial charge in [-0.2, -0.15) is 0 Å². The van der Waals surface area contributed by atoms with Crippen molar-refractivity contribution in [3.05, 3.63) is 0 Å². The van der Waals surface area contributed by atoms with E-state index in [9.17, 15) is 9.59 Å². The molecular weight excluding hydrogens is 290 g/mol. The second-order valence-electron chi connectivity index (χ2n) is 7.80. The molecule has 5 nitrogen and oxygen atoms in total. The number of nitrogens with zero attached hydrogens (tertiary/aromatic N) is 3. The van der Waals surface area contributed by atoms with E-state index in [0.717, 1.165) is 32.2 Å². The van der Waals surface area contributed by atoms with Gasteiger partial charge in [0.05, 0.1) is 6.67 Å². The molecule has 3 aliphatic rings. The highest BCUT2D eigenvalue weighted by molar-refractivity contribution is 6.03. The van der Waals surface area contributed by atoms with Crippen LogP contribution in [-0.4, -0.2) is 65.4 Å². The first-order valence-electron chi connectivity index (χ1n) is 9.37. The molecular formula is C18H31N3O2. The van der Waals surface area contributed by atoms with Gasteiger partial charge in [-0.25, -0.2) is 0 Å². The van der Waals surface area contributed by atoms with Crippen molar-refractivity contribution < 1.29 is 9.59 Å². The van der Waals surface area contributed by atoms with Gasteiger partial charge in [-0.15, -0.1) is 0 Å². The zero-order chi connectivity index (χ0) is 16.4. The molecule has 1 aliphatic carbocycles. The fourth-order valence-corrected chi connectivity index (χ4v) is 4.29. The smallest absolute Gasteiger partial charge is 0.234 e. The molecule has 0 aromatic rings. The van der Waals surface area contributed by atoms with E-state index in [1.807, 2.05) is 13.8 Å². The van der Waals surface area contributed by atoms with Crippen LogP contribution in [0.3, 0.4) is 0 Å². The first-order chi connectivity index (χ1) is 11.1. The zero-order valence-corrected chi connectivity index (χ0v) is 14.7. The van der Waals surface area contributed by atoms with Gasteiger partial charge >= 0.3 is 0 Å². The topological polar surface area (TPSA) is 43.9 Å². The lowest BCUT2D eigenvalue weighted by Gasteiger charge is -2.41. The molecule has 2 saturated heterocycles. The van der Waals surface area contributed by atoms with Gasteiger partial charge < -0.3 is 0 Å². The number of amides is 2. The molecule has 1 unspecified atom stereocenters. The van der Waals surface area contributed by atoms with Gasteiger partial charge in [-0.3, -0.25) is 24.3 Å². The maximum absolute atomic E-state index is 12.4. The average Bonchev–Trinajstić information content (AvgIpc) is 2.85. The number of imide groups is 1. The van der Waals surface area contributed by atoms with E-state index >= 15 is 0 Å². The zero-order valence-electron chi connectivity index (χ0n) is 14.7. The van der Waals surface area contributed by atoms with Crippen LogP contribution in [0.1, 0.15) is 52.4 Å². The van der Waals surface area contributed by atoms with Crippen LogP contribution < -0.4 is 0 Å². The highest BCUT2D eigenvalue weighted by Crippen LogP contribution is 2.27. The summed E-state index contributed by atoms with van der Waals surface area (Å²) in [7, 11) is 0. The Morgan fingerprint density at radius 3 is 2.22 bits per heavy atom. The van der Waals surface area contributed by atoms with Crippen molar-refractivity contribution in [2.24, 2.45) is 11.8 Å². The maximum atomic E-state index is 12.4. The number of carbonyl (C=O) groups excluding carboxylic acids is 2. The van der Waals surface area contributed by atoms with Gasteiger partial charge in [0.2, 0.25) is 11.8 Å². The average molecular weight is 321 g/mol. The minimum atomic E-state index is -0.106. The first-order valence-corrected chi connectivity index (χ1v) is 9.37. The van der Waals surface area contributed by atoms with Crippen LogP contribution in [0.15, 0.2) is 0 Å². The molecule has 1 saturated carbocycles. The predicted octanol–water partition coefficient (Wildman–Crippen LogP) is 1.93. The minimum Gasteiger partial charge on any atom is -0.298 e. The van der Waals surface area contributed by atoms with Gasteiger partial charge in [-0.1, -0.05) is 33.1 Å².